The van der Waals surface area contributed by atoms with E-state index in [0.717, 1.165) is 0 Å². The van der Waals surface area contributed by atoms with E-state index in [4.69, 9.17) is 5.11 Å². The number of carbonyl (C=O) groups is 1. The molecule has 1 saturated heterocycles. The maximum absolute atomic E-state index is 12.3. The predicted octanol–water partition coefficient (Wildman–Crippen LogP) is -0.338. The number of carboxylic acid groups (broad SMARTS) is 1. The second kappa shape index (κ2) is 6.17. The Morgan fingerprint density at radius 2 is 1.63 bits per heavy atom. The number of hydrogen-bond acceptors (Lipinski definition) is 4. The third kappa shape index (κ3) is 3.65. The van der Waals surface area contributed by atoms with Crippen molar-refractivity contribution in [1.82, 2.24) is 13.5 Å². The molecule has 1 heterocycles. The van der Waals surface area contributed by atoms with Crippen molar-refractivity contribution in [1.29, 1.82) is 0 Å². The van der Waals surface area contributed by atoms with E-state index in [1.165, 1.54) is 8.61 Å². The van der Waals surface area contributed by atoms with Crippen molar-refractivity contribution in [3.05, 3.63) is 0 Å². The van der Waals surface area contributed by atoms with Gasteiger partial charge in [0.1, 0.15) is 6.04 Å². The lowest BCUT2D eigenvalue weighted by molar-refractivity contribution is -0.143. The summed E-state index contributed by atoms with van der Waals surface area (Å²) in [6, 6.07) is -0.673. The molecule has 1 N–H and O–H groups in total. The minimum atomic E-state index is -3.44. The molecule has 0 saturated carbocycles. The first-order valence-electron chi connectivity index (χ1n) is 6.38. The zero-order chi connectivity index (χ0) is 14.8. The number of hydrogen-bond donors (Lipinski definition) is 1. The van der Waals surface area contributed by atoms with E-state index >= 15 is 0 Å². The molecule has 0 aliphatic carbocycles. The molecule has 0 bridgehead atoms. The monoisotopic (exact) mass is 293 g/mol. The summed E-state index contributed by atoms with van der Waals surface area (Å²) in [5.74, 6) is -0.879. The Kier molecular flexibility index (Phi) is 5.31. The van der Waals surface area contributed by atoms with Gasteiger partial charge in [-0.25, -0.2) is 0 Å². The summed E-state index contributed by atoms with van der Waals surface area (Å²) < 4.78 is 27.3. The van der Waals surface area contributed by atoms with Crippen molar-refractivity contribution in [2.45, 2.75) is 32.9 Å². The van der Waals surface area contributed by atoms with Crippen LogP contribution in [0.4, 0.5) is 0 Å². The van der Waals surface area contributed by atoms with Crippen LogP contribution in [0.2, 0.25) is 0 Å². The van der Waals surface area contributed by atoms with Gasteiger partial charge in [0.2, 0.25) is 0 Å². The van der Waals surface area contributed by atoms with E-state index in [9.17, 15) is 13.2 Å². The first-order chi connectivity index (χ1) is 8.67. The lowest BCUT2D eigenvalue weighted by Gasteiger charge is -2.38. The highest BCUT2D eigenvalue weighted by Gasteiger charge is 2.33. The molecular formula is C11H23N3O4S. The third-order valence-corrected chi connectivity index (χ3v) is 5.76. The van der Waals surface area contributed by atoms with E-state index in [1.54, 1.807) is 18.9 Å². The minimum Gasteiger partial charge on any atom is -0.480 e. The molecule has 112 valence electrons. The Morgan fingerprint density at radius 1 is 1.16 bits per heavy atom. The van der Waals surface area contributed by atoms with Crippen molar-refractivity contribution in [2.75, 3.05) is 33.2 Å². The van der Waals surface area contributed by atoms with E-state index in [1.807, 2.05) is 13.8 Å². The molecule has 1 unspecified atom stereocenters. The number of carboxylic acids is 1. The first kappa shape index (κ1) is 16.4. The van der Waals surface area contributed by atoms with Crippen molar-refractivity contribution in [3.8, 4) is 0 Å². The Labute approximate surface area is 115 Å². The SMILES string of the molecule is CC(C(=O)O)N1CCN(S(=O)(=O)N(C)C(C)C)CC1. The quantitative estimate of drug-likeness (QED) is 0.750. The summed E-state index contributed by atoms with van der Waals surface area (Å²) in [5.41, 5.74) is 0. The van der Waals surface area contributed by atoms with Crippen molar-refractivity contribution in [3.63, 3.8) is 0 Å². The van der Waals surface area contributed by atoms with E-state index < -0.39 is 22.2 Å². The summed E-state index contributed by atoms with van der Waals surface area (Å²) in [6.07, 6.45) is 0. The average Bonchev–Trinajstić information content (AvgIpc) is 2.36. The lowest BCUT2D eigenvalue weighted by atomic mass is 10.2. The fourth-order valence-electron chi connectivity index (χ4n) is 1.93. The van der Waals surface area contributed by atoms with E-state index in [2.05, 4.69) is 0 Å². The number of nitrogens with zero attached hydrogens (tertiary/aromatic N) is 3. The van der Waals surface area contributed by atoms with Gasteiger partial charge in [0.15, 0.2) is 0 Å². The van der Waals surface area contributed by atoms with Gasteiger partial charge in [-0.15, -0.1) is 0 Å². The van der Waals surface area contributed by atoms with Gasteiger partial charge in [0, 0.05) is 39.3 Å². The fourth-order valence-corrected chi connectivity index (χ4v) is 3.45. The summed E-state index contributed by atoms with van der Waals surface area (Å²) >= 11 is 0. The molecule has 0 aromatic heterocycles. The maximum Gasteiger partial charge on any atom is 0.320 e. The second-order valence-electron chi connectivity index (χ2n) is 5.07. The second-order valence-corrected chi connectivity index (χ2v) is 7.05. The van der Waals surface area contributed by atoms with Crippen molar-refractivity contribution >= 4 is 16.2 Å². The summed E-state index contributed by atoms with van der Waals surface area (Å²) in [5, 5.41) is 8.94. The highest BCUT2D eigenvalue weighted by atomic mass is 32.2. The minimum absolute atomic E-state index is 0.0963. The Bertz CT molecular complexity index is 416. The van der Waals surface area contributed by atoms with Gasteiger partial charge < -0.3 is 5.11 Å². The van der Waals surface area contributed by atoms with Crippen LogP contribution in [0, 0.1) is 0 Å². The average molecular weight is 293 g/mol. The molecule has 7 nitrogen and oxygen atoms in total. The molecular weight excluding hydrogens is 270 g/mol. The number of aliphatic carboxylic acids is 1. The van der Waals surface area contributed by atoms with Gasteiger partial charge in [-0.2, -0.15) is 17.0 Å². The van der Waals surface area contributed by atoms with Gasteiger partial charge in [-0.1, -0.05) is 0 Å². The van der Waals surface area contributed by atoms with Crippen LogP contribution in [0.25, 0.3) is 0 Å². The van der Waals surface area contributed by atoms with Crippen LogP contribution in [0.3, 0.4) is 0 Å². The molecule has 8 heteroatoms. The molecule has 19 heavy (non-hydrogen) atoms. The Hall–Kier alpha value is -0.700. The summed E-state index contributed by atoms with van der Waals surface area (Å²) in [4.78, 5) is 12.7. The van der Waals surface area contributed by atoms with E-state index in [-0.39, 0.29) is 6.04 Å². The molecule has 1 rings (SSSR count). The van der Waals surface area contributed by atoms with Crippen LogP contribution >= 0.6 is 0 Å². The molecule has 0 spiro atoms. The van der Waals surface area contributed by atoms with Gasteiger partial charge in [0.25, 0.3) is 10.2 Å². The maximum atomic E-state index is 12.3. The normalized spacial score (nSPS) is 20.9. The molecule has 0 aromatic carbocycles. The van der Waals surface area contributed by atoms with Crippen LogP contribution in [0.5, 0.6) is 0 Å². The Balaban J connectivity index is 2.66. The molecule has 0 aromatic rings. The van der Waals surface area contributed by atoms with Crippen LogP contribution in [0.1, 0.15) is 20.8 Å². The summed E-state index contributed by atoms with van der Waals surface area (Å²) in [6.45, 7) is 6.80. The van der Waals surface area contributed by atoms with Crippen LogP contribution < -0.4 is 0 Å². The van der Waals surface area contributed by atoms with E-state index in [0.29, 0.717) is 26.2 Å². The predicted molar refractivity (Wildman–Crippen MR) is 72.1 cm³/mol. The standard InChI is InChI=1S/C11H23N3O4S/c1-9(2)12(4)19(17,18)14-7-5-13(6-8-14)10(3)11(15)16/h9-10H,5-8H2,1-4H3,(H,15,16). The zero-order valence-corrected chi connectivity index (χ0v) is 12.7. The first-order valence-corrected chi connectivity index (χ1v) is 7.77. The molecule has 0 radical (unpaired) electrons. The van der Waals surface area contributed by atoms with Gasteiger partial charge in [-0.05, 0) is 20.8 Å². The largest absolute Gasteiger partial charge is 0.480 e. The van der Waals surface area contributed by atoms with Crippen LogP contribution in [0.15, 0.2) is 0 Å². The zero-order valence-electron chi connectivity index (χ0n) is 11.9. The molecule has 0 amide bonds. The summed E-state index contributed by atoms with van der Waals surface area (Å²) in [7, 11) is -1.88. The molecule has 1 fully saturated rings. The smallest absolute Gasteiger partial charge is 0.320 e. The van der Waals surface area contributed by atoms with Crippen molar-refractivity contribution in [2.24, 2.45) is 0 Å². The fraction of sp³-hybridized carbons (Fsp3) is 0.909. The van der Waals surface area contributed by atoms with Gasteiger partial charge in [0.05, 0.1) is 0 Å². The third-order valence-electron chi connectivity index (χ3n) is 3.60. The van der Waals surface area contributed by atoms with Gasteiger partial charge in [-0.3, -0.25) is 9.69 Å². The number of rotatable bonds is 5. The van der Waals surface area contributed by atoms with Crippen LogP contribution in [-0.4, -0.2) is 78.3 Å². The molecule has 1 aliphatic rings. The van der Waals surface area contributed by atoms with Crippen molar-refractivity contribution < 1.29 is 18.3 Å². The molecule has 1 aliphatic heterocycles. The van der Waals surface area contributed by atoms with Crippen LogP contribution in [-0.2, 0) is 15.0 Å². The molecule has 1 atom stereocenters. The van der Waals surface area contributed by atoms with Gasteiger partial charge >= 0.3 is 5.97 Å². The Morgan fingerprint density at radius 3 is 2.00 bits per heavy atom. The highest BCUT2D eigenvalue weighted by Crippen LogP contribution is 2.14. The highest BCUT2D eigenvalue weighted by molar-refractivity contribution is 7.86. The number of piperazine rings is 1. The lowest BCUT2D eigenvalue weighted by Crippen LogP contribution is -2.56. The topological polar surface area (TPSA) is 81.2 Å².